The molecule has 0 aliphatic heterocycles. The van der Waals surface area contributed by atoms with Crippen LogP contribution in [0, 0.1) is 0 Å². The lowest BCUT2D eigenvalue weighted by Crippen LogP contribution is -2.46. The summed E-state index contributed by atoms with van der Waals surface area (Å²) in [5.41, 5.74) is 0.890. The van der Waals surface area contributed by atoms with Crippen molar-refractivity contribution >= 4 is 12.0 Å². The summed E-state index contributed by atoms with van der Waals surface area (Å²) >= 11 is 0. The van der Waals surface area contributed by atoms with E-state index >= 15 is 0 Å². The van der Waals surface area contributed by atoms with Crippen LogP contribution in [0.1, 0.15) is 24.9 Å². The van der Waals surface area contributed by atoms with Crippen molar-refractivity contribution in [1.82, 2.24) is 15.6 Å². The summed E-state index contributed by atoms with van der Waals surface area (Å²) < 4.78 is 0. The predicted molar refractivity (Wildman–Crippen MR) is 70.6 cm³/mol. The van der Waals surface area contributed by atoms with E-state index in [2.05, 4.69) is 22.2 Å². The summed E-state index contributed by atoms with van der Waals surface area (Å²) in [5, 5.41) is 14.0. The number of hydrogen-bond acceptors (Lipinski definition) is 3. The number of pyridine rings is 1. The SMILES string of the molecule is C=CCC(NC(=O)NC(C)c1ccncc1)C(=O)O. The van der Waals surface area contributed by atoms with E-state index < -0.39 is 18.0 Å². The van der Waals surface area contributed by atoms with Crippen molar-refractivity contribution in [3.63, 3.8) is 0 Å². The number of nitrogens with zero attached hydrogens (tertiary/aromatic N) is 1. The second kappa shape index (κ2) is 7.15. The maximum atomic E-state index is 11.7. The Labute approximate surface area is 111 Å². The maximum absolute atomic E-state index is 11.7. The second-order valence-electron chi connectivity index (χ2n) is 4.04. The van der Waals surface area contributed by atoms with Gasteiger partial charge in [0.15, 0.2) is 0 Å². The normalized spacial score (nSPS) is 13.1. The topological polar surface area (TPSA) is 91.3 Å². The number of carboxylic acids is 1. The van der Waals surface area contributed by atoms with Gasteiger partial charge in [0.25, 0.3) is 0 Å². The van der Waals surface area contributed by atoms with Crippen LogP contribution >= 0.6 is 0 Å². The van der Waals surface area contributed by atoms with Gasteiger partial charge in [0.05, 0.1) is 6.04 Å². The Balaban J connectivity index is 2.55. The predicted octanol–water partition coefficient (Wildman–Crippen LogP) is 1.47. The van der Waals surface area contributed by atoms with Gasteiger partial charge in [-0.05, 0) is 31.0 Å². The van der Waals surface area contributed by atoms with Gasteiger partial charge in [-0.15, -0.1) is 6.58 Å². The van der Waals surface area contributed by atoms with E-state index in [1.165, 1.54) is 6.08 Å². The molecule has 0 aliphatic carbocycles. The average molecular weight is 263 g/mol. The lowest BCUT2D eigenvalue weighted by molar-refractivity contribution is -0.139. The second-order valence-corrected chi connectivity index (χ2v) is 4.04. The first-order chi connectivity index (χ1) is 9.04. The van der Waals surface area contributed by atoms with Gasteiger partial charge in [-0.2, -0.15) is 0 Å². The van der Waals surface area contributed by atoms with E-state index in [9.17, 15) is 9.59 Å². The van der Waals surface area contributed by atoms with E-state index in [0.717, 1.165) is 5.56 Å². The highest BCUT2D eigenvalue weighted by Gasteiger charge is 2.19. The fraction of sp³-hybridized carbons (Fsp3) is 0.308. The van der Waals surface area contributed by atoms with Crippen LogP contribution in [0.15, 0.2) is 37.2 Å². The van der Waals surface area contributed by atoms with E-state index in [1.54, 1.807) is 31.5 Å². The van der Waals surface area contributed by atoms with Crippen LogP contribution in [0.25, 0.3) is 0 Å². The summed E-state index contributed by atoms with van der Waals surface area (Å²) in [4.78, 5) is 26.4. The molecule has 0 aliphatic rings. The number of carbonyl (C=O) groups is 2. The Morgan fingerprint density at radius 3 is 2.58 bits per heavy atom. The van der Waals surface area contributed by atoms with Crippen LogP contribution in [0.2, 0.25) is 0 Å². The molecule has 0 radical (unpaired) electrons. The number of amides is 2. The molecule has 2 unspecified atom stereocenters. The standard InChI is InChI=1S/C13H17N3O3/c1-3-4-11(12(17)18)16-13(19)15-9(2)10-5-7-14-8-6-10/h3,5-9,11H,1,4H2,2H3,(H,17,18)(H2,15,16,19). The van der Waals surface area contributed by atoms with Crippen LogP contribution in [0.5, 0.6) is 0 Å². The van der Waals surface area contributed by atoms with Gasteiger partial charge in [-0.3, -0.25) is 4.98 Å². The number of rotatable bonds is 6. The summed E-state index contributed by atoms with van der Waals surface area (Å²) in [5.74, 6) is -1.09. The maximum Gasteiger partial charge on any atom is 0.326 e. The Morgan fingerprint density at radius 2 is 2.05 bits per heavy atom. The lowest BCUT2D eigenvalue weighted by atomic mass is 10.1. The minimum atomic E-state index is -1.09. The van der Waals surface area contributed by atoms with Gasteiger partial charge in [0.1, 0.15) is 6.04 Å². The van der Waals surface area contributed by atoms with Crippen molar-refractivity contribution < 1.29 is 14.7 Å². The summed E-state index contributed by atoms with van der Waals surface area (Å²) in [6, 6.07) is 1.83. The third kappa shape index (κ3) is 4.79. The van der Waals surface area contributed by atoms with E-state index in [4.69, 9.17) is 5.11 Å². The smallest absolute Gasteiger partial charge is 0.326 e. The minimum Gasteiger partial charge on any atom is -0.480 e. The highest BCUT2D eigenvalue weighted by Crippen LogP contribution is 2.09. The minimum absolute atomic E-state index is 0.173. The number of nitrogens with one attached hydrogen (secondary N) is 2. The number of aliphatic carboxylic acids is 1. The highest BCUT2D eigenvalue weighted by atomic mass is 16.4. The van der Waals surface area contributed by atoms with Crippen molar-refractivity contribution in [2.75, 3.05) is 0 Å². The summed E-state index contributed by atoms with van der Waals surface area (Å²) in [6.45, 7) is 5.26. The monoisotopic (exact) mass is 263 g/mol. The zero-order valence-corrected chi connectivity index (χ0v) is 10.7. The van der Waals surface area contributed by atoms with Gasteiger partial charge in [-0.1, -0.05) is 6.08 Å². The Hall–Kier alpha value is -2.37. The third-order valence-corrected chi connectivity index (χ3v) is 2.56. The molecule has 0 aromatic carbocycles. The first-order valence-corrected chi connectivity index (χ1v) is 5.85. The molecule has 2 atom stereocenters. The molecule has 6 heteroatoms. The molecule has 0 spiro atoms. The van der Waals surface area contributed by atoms with Crippen LogP contribution in [-0.4, -0.2) is 28.1 Å². The van der Waals surface area contributed by atoms with Gasteiger partial charge >= 0.3 is 12.0 Å². The molecule has 0 bridgehead atoms. The molecule has 1 aromatic heterocycles. The quantitative estimate of drug-likeness (QED) is 0.678. The Morgan fingerprint density at radius 1 is 1.42 bits per heavy atom. The first-order valence-electron chi connectivity index (χ1n) is 5.85. The highest BCUT2D eigenvalue weighted by molar-refractivity contribution is 5.82. The molecule has 3 N–H and O–H groups in total. The van der Waals surface area contributed by atoms with Gasteiger partial charge in [-0.25, -0.2) is 9.59 Å². The van der Waals surface area contributed by atoms with Crippen molar-refractivity contribution in [3.8, 4) is 0 Å². The fourth-order valence-corrected chi connectivity index (χ4v) is 1.52. The fourth-order valence-electron chi connectivity index (χ4n) is 1.52. The van der Waals surface area contributed by atoms with E-state index in [0.29, 0.717) is 0 Å². The number of urea groups is 1. The van der Waals surface area contributed by atoms with E-state index in [-0.39, 0.29) is 12.5 Å². The Kier molecular flexibility index (Phi) is 5.53. The van der Waals surface area contributed by atoms with Crippen LogP contribution in [0.4, 0.5) is 4.79 Å². The third-order valence-electron chi connectivity index (χ3n) is 2.56. The lowest BCUT2D eigenvalue weighted by Gasteiger charge is -2.17. The summed E-state index contributed by atoms with van der Waals surface area (Å²) in [7, 11) is 0. The van der Waals surface area contributed by atoms with Gasteiger partial charge < -0.3 is 15.7 Å². The molecule has 102 valence electrons. The Bertz CT molecular complexity index is 448. The molecular weight excluding hydrogens is 246 g/mol. The number of hydrogen-bond donors (Lipinski definition) is 3. The largest absolute Gasteiger partial charge is 0.480 e. The van der Waals surface area contributed by atoms with Gasteiger partial charge in [0, 0.05) is 12.4 Å². The molecule has 1 rings (SSSR count). The van der Waals surface area contributed by atoms with Crippen molar-refractivity contribution in [1.29, 1.82) is 0 Å². The van der Waals surface area contributed by atoms with E-state index in [1.807, 2.05) is 0 Å². The number of carbonyl (C=O) groups excluding carboxylic acids is 1. The van der Waals surface area contributed by atoms with Crippen LogP contribution in [0.3, 0.4) is 0 Å². The molecule has 1 aromatic rings. The number of aromatic nitrogens is 1. The van der Waals surface area contributed by atoms with Crippen molar-refractivity contribution in [2.24, 2.45) is 0 Å². The van der Waals surface area contributed by atoms with Crippen LogP contribution < -0.4 is 10.6 Å². The summed E-state index contributed by atoms with van der Waals surface area (Å²) in [6.07, 6.45) is 4.88. The molecule has 1 heterocycles. The molecule has 6 nitrogen and oxygen atoms in total. The van der Waals surface area contributed by atoms with Crippen LogP contribution in [-0.2, 0) is 4.79 Å². The molecule has 19 heavy (non-hydrogen) atoms. The zero-order chi connectivity index (χ0) is 14.3. The molecular formula is C13H17N3O3. The van der Waals surface area contributed by atoms with Gasteiger partial charge in [0.2, 0.25) is 0 Å². The molecule has 0 saturated carbocycles. The molecule has 2 amide bonds. The average Bonchev–Trinajstić information content (AvgIpc) is 2.39. The first kappa shape index (κ1) is 14.7. The molecule has 0 fully saturated rings. The molecule has 0 saturated heterocycles. The van der Waals surface area contributed by atoms with Crippen molar-refractivity contribution in [3.05, 3.63) is 42.7 Å². The number of carboxylic acid groups (broad SMARTS) is 1. The van der Waals surface area contributed by atoms with Crippen molar-refractivity contribution in [2.45, 2.75) is 25.4 Å². The zero-order valence-electron chi connectivity index (χ0n) is 10.7.